The van der Waals surface area contributed by atoms with Gasteiger partial charge in [0.25, 0.3) is 0 Å². The van der Waals surface area contributed by atoms with E-state index in [2.05, 4.69) is 160 Å². The predicted molar refractivity (Wildman–Crippen MR) is 169 cm³/mol. The maximum atomic E-state index is 2.40. The SMILES string of the molecule is Ic1ccc(Sc2ccc3c(c2)-c2cc(Sc4ccc(I)cc4)ccc2[SH]3c2ccccc2)cc1. The molecule has 1 aliphatic rings. The van der Waals surface area contributed by atoms with Gasteiger partial charge in [0.2, 0.25) is 0 Å². The molecule has 0 N–H and O–H groups in total. The summed E-state index contributed by atoms with van der Waals surface area (Å²) in [5.41, 5.74) is 2.77. The maximum Gasteiger partial charge on any atom is 0.0131 e. The third kappa shape index (κ3) is 5.21. The zero-order valence-electron chi connectivity index (χ0n) is 18.5. The monoisotopic (exact) mass is 730 g/mol. The average molecular weight is 730 g/mol. The minimum absolute atomic E-state index is 0.544. The fourth-order valence-corrected chi connectivity index (χ4v) is 9.26. The van der Waals surface area contributed by atoms with E-state index in [0.29, 0.717) is 0 Å². The highest BCUT2D eigenvalue weighted by molar-refractivity contribution is 14.1. The van der Waals surface area contributed by atoms with E-state index in [-0.39, 0.29) is 0 Å². The lowest BCUT2D eigenvalue weighted by molar-refractivity contribution is 1.32. The first kappa shape index (κ1) is 24.0. The summed E-state index contributed by atoms with van der Waals surface area (Å²) in [5, 5.41) is 0. The standard InChI is InChI=1S/C30H20I2S3/c31-20-6-10-22(11-7-20)33-24-14-16-29-27(18-24)28-19-25(34-23-12-8-21(32)9-13-23)15-17-30(28)35(29)26-4-2-1-3-5-26/h1-19,35H. The van der Waals surface area contributed by atoms with E-state index in [1.807, 2.05) is 23.5 Å². The van der Waals surface area contributed by atoms with Crippen LogP contribution in [0.3, 0.4) is 0 Å². The topological polar surface area (TPSA) is 0 Å². The van der Waals surface area contributed by atoms with Crippen molar-refractivity contribution in [3.8, 4) is 11.1 Å². The minimum atomic E-state index is -0.544. The van der Waals surface area contributed by atoms with E-state index < -0.39 is 10.9 Å². The molecular weight excluding hydrogens is 710 g/mol. The highest BCUT2D eigenvalue weighted by atomic mass is 127. The Morgan fingerprint density at radius 1 is 0.457 bits per heavy atom. The van der Waals surface area contributed by atoms with E-state index in [0.717, 1.165) is 0 Å². The van der Waals surface area contributed by atoms with Crippen LogP contribution in [0.2, 0.25) is 0 Å². The molecule has 0 atom stereocenters. The Kier molecular flexibility index (Phi) is 7.22. The van der Waals surface area contributed by atoms with Crippen molar-refractivity contribution >= 4 is 79.6 Å². The Morgan fingerprint density at radius 2 is 0.886 bits per heavy atom. The van der Waals surface area contributed by atoms with Gasteiger partial charge in [-0.25, -0.2) is 0 Å². The van der Waals surface area contributed by atoms with Crippen LogP contribution in [0.4, 0.5) is 0 Å². The van der Waals surface area contributed by atoms with E-state index in [4.69, 9.17) is 0 Å². The first-order valence-corrected chi connectivity index (χ1v) is 16.3. The number of thiol groups is 1. The summed E-state index contributed by atoms with van der Waals surface area (Å²) in [4.78, 5) is 9.47. The third-order valence-electron chi connectivity index (χ3n) is 5.82. The molecule has 0 bridgehead atoms. The molecule has 6 rings (SSSR count). The number of hydrogen-bond donors (Lipinski definition) is 1. The lowest BCUT2D eigenvalue weighted by Gasteiger charge is -2.19. The first-order chi connectivity index (χ1) is 17.1. The lowest BCUT2D eigenvalue weighted by atomic mass is 10.1. The molecule has 0 amide bonds. The fourth-order valence-electron chi connectivity index (χ4n) is 4.24. The highest BCUT2D eigenvalue weighted by Gasteiger charge is 2.28. The molecule has 1 heterocycles. The van der Waals surface area contributed by atoms with E-state index in [1.165, 1.54) is 52.5 Å². The molecule has 0 saturated heterocycles. The van der Waals surface area contributed by atoms with Gasteiger partial charge in [-0.3, -0.25) is 0 Å². The van der Waals surface area contributed by atoms with Crippen LogP contribution in [-0.4, -0.2) is 0 Å². The molecule has 0 unspecified atom stereocenters. The molecule has 0 aliphatic carbocycles. The summed E-state index contributed by atoms with van der Waals surface area (Å²) in [6.07, 6.45) is 0. The van der Waals surface area contributed by atoms with Crippen molar-refractivity contribution in [3.05, 3.63) is 122 Å². The van der Waals surface area contributed by atoms with Crippen molar-refractivity contribution in [2.24, 2.45) is 0 Å². The van der Waals surface area contributed by atoms with Crippen LogP contribution in [0, 0.1) is 7.14 Å². The molecule has 0 spiro atoms. The smallest absolute Gasteiger partial charge is 0.0131 e. The average Bonchev–Trinajstić information content (AvgIpc) is 3.20. The molecule has 5 aromatic rings. The summed E-state index contributed by atoms with van der Waals surface area (Å²) in [7, 11) is -0.544. The van der Waals surface area contributed by atoms with Crippen LogP contribution in [0.15, 0.2) is 150 Å². The van der Waals surface area contributed by atoms with Gasteiger partial charge in [0.1, 0.15) is 0 Å². The van der Waals surface area contributed by atoms with Crippen molar-refractivity contribution in [3.63, 3.8) is 0 Å². The minimum Gasteiger partial charge on any atom is -0.172 e. The van der Waals surface area contributed by atoms with Crippen molar-refractivity contribution in [1.29, 1.82) is 0 Å². The number of hydrogen-bond acceptors (Lipinski definition) is 2. The largest absolute Gasteiger partial charge is 0.172 e. The third-order valence-corrected chi connectivity index (χ3v) is 11.8. The van der Waals surface area contributed by atoms with E-state index >= 15 is 0 Å². The summed E-state index contributed by atoms with van der Waals surface area (Å²) in [6.45, 7) is 0. The second kappa shape index (κ2) is 10.5. The Hall–Kier alpha value is -1.39. The molecule has 1 aliphatic heterocycles. The second-order valence-electron chi connectivity index (χ2n) is 8.14. The number of fused-ring (bicyclic) bond motifs is 3. The van der Waals surface area contributed by atoms with Gasteiger partial charge in [0.15, 0.2) is 0 Å². The molecule has 0 radical (unpaired) electrons. The Labute approximate surface area is 245 Å². The first-order valence-electron chi connectivity index (χ1n) is 11.1. The molecule has 172 valence electrons. The van der Waals surface area contributed by atoms with Crippen LogP contribution in [-0.2, 0) is 0 Å². The Morgan fingerprint density at radius 3 is 1.34 bits per heavy atom. The van der Waals surface area contributed by atoms with Gasteiger partial charge in [-0.05, 0) is 158 Å². The van der Waals surface area contributed by atoms with Gasteiger partial charge in [0.05, 0.1) is 0 Å². The number of benzene rings is 5. The Balaban J connectivity index is 1.42. The molecule has 5 aromatic carbocycles. The summed E-state index contributed by atoms with van der Waals surface area (Å²) < 4.78 is 2.53. The van der Waals surface area contributed by atoms with Crippen molar-refractivity contribution in [2.45, 2.75) is 34.3 Å². The van der Waals surface area contributed by atoms with Crippen molar-refractivity contribution in [1.82, 2.24) is 0 Å². The number of rotatable bonds is 5. The number of halogens is 2. The van der Waals surface area contributed by atoms with Crippen molar-refractivity contribution < 1.29 is 0 Å². The molecule has 35 heavy (non-hydrogen) atoms. The zero-order chi connectivity index (χ0) is 23.8. The molecule has 5 heteroatoms. The van der Waals surface area contributed by atoms with Crippen molar-refractivity contribution in [2.75, 3.05) is 0 Å². The van der Waals surface area contributed by atoms with Gasteiger partial charge in [0, 0.05) is 36.5 Å². The van der Waals surface area contributed by atoms with E-state index in [9.17, 15) is 0 Å². The van der Waals surface area contributed by atoms with Crippen LogP contribution >= 0.6 is 79.6 Å². The van der Waals surface area contributed by atoms with Gasteiger partial charge in [-0.2, -0.15) is 10.9 Å². The highest BCUT2D eigenvalue weighted by Crippen LogP contribution is 2.63. The summed E-state index contributed by atoms with van der Waals surface area (Å²) in [6, 6.07) is 42.7. The van der Waals surface area contributed by atoms with Gasteiger partial charge in [-0.1, -0.05) is 41.7 Å². The molecule has 0 saturated carbocycles. The normalized spacial score (nSPS) is 12.9. The van der Waals surface area contributed by atoms with Crippen LogP contribution in [0.25, 0.3) is 11.1 Å². The van der Waals surface area contributed by atoms with Gasteiger partial charge in [-0.15, -0.1) is 0 Å². The lowest BCUT2D eigenvalue weighted by Crippen LogP contribution is -1.83. The van der Waals surface area contributed by atoms with Crippen LogP contribution in [0.5, 0.6) is 0 Å². The van der Waals surface area contributed by atoms with E-state index in [1.54, 1.807) is 0 Å². The molecule has 0 fully saturated rings. The van der Waals surface area contributed by atoms with Crippen LogP contribution < -0.4 is 0 Å². The maximum absolute atomic E-state index is 2.40. The van der Waals surface area contributed by atoms with Crippen LogP contribution in [0.1, 0.15) is 0 Å². The Bertz CT molecular complexity index is 1400. The predicted octanol–water partition coefficient (Wildman–Crippen LogP) is 10.7. The van der Waals surface area contributed by atoms with Gasteiger partial charge < -0.3 is 0 Å². The molecule has 0 aromatic heterocycles. The quantitative estimate of drug-likeness (QED) is 0.139. The fraction of sp³-hybridized carbons (Fsp3) is 0. The summed E-state index contributed by atoms with van der Waals surface area (Å²) in [5.74, 6) is 0. The molecule has 0 nitrogen and oxygen atoms in total. The molecular formula is C30H20I2S3. The second-order valence-corrected chi connectivity index (χ2v) is 15.1. The summed E-state index contributed by atoms with van der Waals surface area (Å²) >= 11 is 8.40. The van der Waals surface area contributed by atoms with Gasteiger partial charge >= 0.3 is 0 Å². The zero-order valence-corrected chi connectivity index (χ0v) is 25.3.